The largest absolute Gasteiger partial charge is 0.348 e. The fourth-order valence-electron chi connectivity index (χ4n) is 2.70. The predicted octanol–water partition coefficient (Wildman–Crippen LogP) is 3.50. The highest BCUT2D eigenvalue weighted by Gasteiger charge is 2.22. The second kappa shape index (κ2) is 6.02. The lowest BCUT2D eigenvalue weighted by Gasteiger charge is -2.30. The summed E-state index contributed by atoms with van der Waals surface area (Å²) in [4.78, 5) is 8.54. The van der Waals surface area contributed by atoms with Crippen molar-refractivity contribution in [1.82, 2.24) is 10.3 Å². The highest BCUT2D eigenvalue weighted by Crippen LogP contribution is 2.33. The molecule has 1 fully saturated rings. The molecule has 1 atom stereocenters. The van der Waals surface area contributed by atoms with Gasteiger partial charge >= 0.3 is 0 Å². The van der Waals surface area contributed by atoms with Gasteiger partial charge in [0.1, 0.15) is 0 Å². The van der Waals surface area contributed by atoms with E-state index in [1.54, 1.807) is 0 Å². The Morgan fingerprint density at radius 2 is 2.00 bits per heavy atom. The first-order valence-electron chi connectivity index (χ1n) is 7.01. The molecule has 0 spiro atoms. The smallest absolute Gasteiger partial charge is 0.185 e. The first-order valence-corrected chi connectivity index (χ1v) is 7.82. The van der Waals surface area contributed by atoms with Gasteiger partial charge in [0.2, 0.25) is 0 Å². The first kappa shape index (κ1) is 13.8. The summed E-state index contributed by atoms with van der Waals surface area (Å²) in [5.74, 6) is 0. The Kier molecular flexibility index (Phi) is 4.62. The van der Waals surface area contributed by atoms with E-state index in [4.69, 9.17) is 4.98 Å². The van der Waals surface area contributed by atoms with Crippen molar-refractivity contribution in [2.24, 2.45) is 0 Å². The van der Waals surface area contributed by atoms with Crippen molar-refractivity contribution in [3.05, 3.63) is 10.6 Å². The molecule has 3 nitrogen and oxygen atoms in total. The predicted molar refractivity (Wildman–Crippen MR) is 79.6 cm³/mol. The van der Waals surface area contributed by atoms with E-state index in [1.807, 2.05) is 18.4 Å². The summed E-state index contributed by atoms with van der Waals surface area (Å²) >= 11 is 1.85. The topological polar surface area (TPSA) is 28.2 Å². The van der Waals surface area contributed by atoms with Gasteiger partial charge in [-0.1, -0.05) is 19.3 Å². The van der Waals surface area contributed by atoms with E-state index in [1.165, 1.54) is 47.8 Å². The Hall–Kier alpha value is -0.610. The Bertz CT molecular complexity index is 382. The number of rotatable bonds is 4. The van der Waals surface area contributed by atoms with Crippen molar-refractivity contribution in [2.75, 3.05) is 19.0 Å². The van der Waals surface area contributed by atoms with Crippen molar-refractivity contribution < 1.29 is 0 Å². The third kappa shape index (κ3) is 2.86. The minimum Gasteiger partial charge on any atom is -0.348 e. The lowest BCUT2D eigenvalue weighted by molar-refractivity contribution is 0.427. The SMILES string of the molecule is CNC(C)c1sc(N(C)C2CCCCC2)nc1C. The van der Waals surface area contributed by atoms with E-state index < -0.39 is 0 Å². The normalized spacial score (nSPS) is 18.9. The third-order valence-corrected chi connectivity index (χ3v) is 5.50. The molecule has 0 radical (unpaired) electrons. The monoisotopic (exact) mass is 267 g/mol. The Morgan fingerprint density at radius 3 is 2.61 bits per heavy atom. The van der Waals surface area contributed by atoms with Crippen LogP contribution in [-0.4, -0.2) is 25.1 Å². The molecule has 0 amide bonds. The molecule has 1 aliphatic carbocycles. The molecule has 0 bridgehead atoms. The van der Waals surface area contributed by atoms with E-state index in [-0.39, 0.29) is 0 Å². The lowest BCUT2D eigenvalue weighted by Crippen LogP contribution is -2.33. The quantitative estimate of drug-likeness (QED) is 0.905. The maximum absolute atomic E-state index is 4.76. The van der Waals surface area contributed by atoms with Gasteiger partial charge in [0, 0.05) is 24.0 Å². The molecule has 1 saturated carbocycles. The highest BCUT2D eigenvalue weighted by molar-refractivity contribution is 7.15. The van der Waals surface area contributed by atoms with Crippen molar-refractivity contribution in [3.8, 4) is 0 Å². The Morgan fingerprint density at radius 1 is 1.33 bits per heavy atom. The third-order valence-electron chi connectivity index (χ3n) is 4.07. The van der Waals surface area contributed by atoms with E-state index in [0.29, 0.717) is 12.1 Å². The van der Waals surface area contributed by atoms with Crippen LogP contribution in [0.5, 0.6) is 0 Å². The molecular weight excluding hydrogens is 242 g/mol. The fourth-order valence-corrected chi connectivity index (χ4v) is 3.86. The van der Waals surface area contributed by atoms with Crippen LogP contribution in [0.3, 0.4) is 0 Å². The van der Waals surface area contributed by atoms with Crippen LogP contribution >= 0.6 is 11.3 Å². The Balaban J connectivity index is 2.12. The minimum atomic E-state index is 0.399. The van der Waals surface area contributed by atoms with Crippen LogP contribution in [0.4, 0.5) is 5.13 Å². The zero-order chi connectivity index (χ0) is 13.1. The fraction of sp³-hybridized carbons (Fsp3) is 0.786. The molecule has 0 aromatic carbocycles. The van der Waals surface area contributed by atoms with Gasteiger partial charge in [-0.15, -0.1) is 11.3 Å². The van der Waals surface area contributed by atoms with Gasteiger partial charge < -0.3 is 10.2 Å². The molecule has 1 heterocycles. The van der Waals surface area contributed by atoms with E-state index in [2.05, 4.69) is 31.1 Å². The maximum Gasteiger partial charge on any atom is 0.185 e. The number of anilines is 1. The standard InChI is InChI=1S/C14H25N3S/c1-10(15-3)13-11(2)16-14(18-13)17(4)12-8-6-5-7-9-12/h10,12,15H,5-9H2,1-4H3. The van der Waals surface area contributed by atoms with E-state index >= 15 is 0 Å². The van der Waals surface area contributed by atoms with Gasteiger partial charge in [-0.2, -0.15) is 0 Å². The summed E-state index contributed by atoms with van der Waals surface area (Å²) in [5, 5.41) is 4.50. The molecule has 2 rings (SSSR count). The number of aryl methyl sites for hydroxylation is 1. The zero-order valence-corrected chi connectivity index (χ0v) is 12.8. The van der Waals surface area contributed by atoms with Crippen molar-refractivity contribution in [3.63, 3.8) is 0 Å². The van der Waals surface area contributed by atoms with Crippen LogP contribution in [0.1, 0.15) is 55.6 Å². The van der Waals surface area contributed by atoms with Gasteiger partial charge in [-0.3, -0.25) is 0 Å². The summed E-state index contributed by atoms with van der Waals surface area (Å²) in [7, 11) is 4.22. The molecule has 102 valence electrons. The molecule has 0 saturated heterocycles. The molecule has 1 aromatic heterocycles. The van der Waals surface area contributed by atoms with Crippen LogP contribution in [0, 0.1) is 6.92 Å². The van der Waals surface area contributed by atoms with Crippen LogP contribution in [0.15, 0.2) is 0 Å². The van der Waals surface area contributed by atoms with Crippen LogP contribution in [-0.2, 0) is 0 Å². The number of thiazole rings is 1. The van der Waals surface area contributed by atoms with Crippen LogP contribution in [0.25, 0.3) is 0 Å². The second-order valence-corrected chi connectivity index (χ2v) is 6.37. The van der Waals surface area contributed by atoms with E-state index in [9.17, 15) is 0 Å². The molecule has 1 unspecified atom stereocenters. The second-order valence-electron chi connectivity index (χ2n) is 5.36. The Labute approximate surface area is 115 Å². The lowest BCUT2D eigenvalue weighted by atomic mass is 9.95. The number of nitrogens with zero attached hydrogens (tertiary/aromatic N) is 2. The summed E-state index contributed by atoms with van der Waals surface area (Å²) < 4.78 is 0. The first-order chi connectivity index (χ1) is 8.63. The summed E-state index contributed by atoms with van der Waals surface area (Å²) in [6, 6.07) is 1.10. The van der Waals surface area contributed by atoms with Gasteiger partial charge in [-0.05, 0) is 33.7 Å². The maximum atomic E-state index is 4.76. The summed E-state index contributed by atoms with van der Waals surface area (Å²) in [6.07, 6.45) is 6.81. The zero-order valence-electron chi connectivity index (χ0n) is 12.0. The van der Waals surface area contributed by atoms with Gasteiger partial charge in [-0.25, -0.2) is 4.98 Å². The number of hydrogen-bond acceptors (Lipinski definition) is 4. The highest BCUT2D eigenvalue weighted by atomic mass is 32.1. The van der Waals surface area contributed by atoms with Crippen molar-refractivity contribution in [1.29, 1.82) is 0 Å². The number of nitrogens with one attached hydrogen (secondary N) is 1. The van der Waals surface area contributed by atoms with Crippen molar-refractivity contribution >= 4 is 16.5 Å². The molecular formula is C14H25N3S. The van der Waals surface area contributed by atoms with Crippen LogP contribution < -0.4 is 10.2 Å². The number of aromatic nitrogens is 1. The molecule has 1 N–H and O–H groups in total. The van der Waals surface area contributed by atoms with E-state index in [0.717, 1.165) is 0 Å². The molecule has 18 heavy (non-hydrogen) atoms. The van der Waals surface area contributed by atoms with Gasteiger partial charge in [0.15, 0.2) is 5.13 Å². The van der Waals surface area contributed by atoms with Crippen LogP contribution in [0.2, 0.25) is 0 Å². The van der Waals surface area contributed by atoms with Gasteiger partial charge in [0.05, 0.1) is 5.69 Å². The molecule has 1 aliphatic rings. The molecule has 1 aromatic rings. The average molecular weight is 267 g/mol. The molecule has 0 aliphatic heterocycles. The van der Waals surface area contributed by atoms with Crippen molar-refractivity contribution in [2.45, 2.75) is 58.0 Å². The molecule has 4 heteroatoms. The summed E-state index contributed by atoms with van der Waals surface area (Å²) in [5.41, 5.74) is 1.18. The van der Waals surface area contributed by atoms with Gasteiger partial charge in [0.25, 0.3) is 0 Å². The summed E-state index contributed by atoms with van der Waals surface area (Å²) in [6.45, 7) is 4.32. The average Bonchev–Trinajstić information content (AvgIpc) is 2.80. The minimum absolute atomic E-state index is 0.399. The number of hydrogen-bond donors (Lipinski definition) is 1.